The van der Waals surface area contributed by atoms with Gasteiger partial charge in [0.25, 0.3) is 5.91 Å². The van der Waals surface area contributed by atoms with Crippen molar-refractivity contribution >= 4 is 16.9 Å². The van der Waals surface area contributed by atoms with Gasteiger partial charge in [-0.1, -0.05) is 0 Å². The van der Waals surface area contributed by atoms with Crippen molar-refractivity contribution in [3.05, 3.63) is 30.4 Å². The lowest BCUT2D eigenvalue weighted by atomic mass is 10.2. The lowest BCUT2D eigenvalue weighted by Crippen LogP contribution is -2.41. The Kier molecular flexibility index (Phi) is 4.63. The number of fused-ring (bicyclic) bond motifs is 1. The van der Waals surface area contributed by atoms with Crippen LogP contribution in [-0.2, 0) is 11.8 Å². The maximum absolute atomic E-state index is 12.4. The van der Waals surface area contributed by atoms with Gasteiger partial charge in [-0.15, -0.1) is 0 Å². The van der Waals surface area contributed by atoms with Gasteiger partial charge in [0.05, 0.1) is 41.8 Å². The van der Waals surface area contributed by atoms with E-state index >= 15 is 0 Å². The number of ether oxygens (including phenoxy) is 1. The fourth-order valence-corrected chi connectivity index (χ4v) is 3.08. The van der Waals surface area contributed by atoms with Gasteiger partial charge in [0.15, 0.2) is 5.69 Å². The second-order valence-corrected chi connectivity index (χ2v) is 6.25. The maximum atomic E-state index is 12.4. The van der Waals surface area contributed by atoms with Crippen LogP contribution in [0.25, 0.3) is 22.4 Å². The van der Waals surface area contributed by atoms with E-state index in [1.165, 1.54) is 6.33 Å². The molecule has 3 aromatic rings. The highest BCUT2D eigenvalue weighted by Gasteiger charge is 2.16. The van der Waals surface area contributed by atoms with Gasteiger partial charge in [-0.05, 0) is 12.1 Å². The second-order valence-electron chi connectivity index (χ2n) is 6.25. The first-order valence-electron chi connectivity index (χ1n) is 8.62. The number of aromatic amines is 1. The van der Waals surface area contributed by atoms with Gasteiger partial charge in [-0.2, -0.15) is 5.10 Å². The summed E-state index contributed by atoms with van der Waals surface area (Å²) in [6, 6.07) is 3.70. The molecular weight excluding hydrogens is 334 g/mol. The number of aromatic nitrogens is 5. The molecule has 3 aromatic heterocycles. The van der Waals surface area contributed by atoms with E-state index in [4.69, 9.17) is 4.74 Å². The van der Waals surface area contributed by atoms with Gasteiger partial charge in [0.2, 0.25) is 0 Å². The van der Waals surface area contributed by atoms with Crippen LogP contribution >= 0.6 is 0 Å². The molecule has 4 heterocycles. The van der Waals surface area contributed by atoms with Crippen LogP contribution in [0.5, 0.6) is 0 Å². The summed E-state index contributed by atoms with van der Waals surface area (Å²) < 4.78 is 7.01. The quantitative estimate of drug-likeness (QED) is 0.688. The Labute approximate surface area is 150 Å². The SMILES string of the molecule is Cn1nc(C(=O)NCCN2CCOCC2)cc1-c1cc2ncncc2[nH]1. The Bertz CT molecular complexity index is 878. The summed E-state index contributed by atoms with van der Waals surface area (Å²) in [7, 11) is 1.82. The number of rotatable bonds is 5. The molecule has 0 bridgehead atoms. The summed E-state index contributed by atoms with van der Waals surface area (Å²) in [6.07, 6.45) is 3.23. The molecule has 1 aliphatic heterocycles. The summed E-state index contributed by atoms with van der Waals surface area (Å²) in [6.45, 7) is 4.74. The van der Waals surface area contributed by atoms with E-state index in [1.807, 2.05) is 13.1 Å². The first kappa shape index (κ1) is 16.7. The molecule has 0 atom stereocenters. The Balaban J connectivity index is 1.42. The van der Waals surface area contributed by atoms with Crippen LogP contribution in [0.15, 0.2) is 24.7 Å². The average molecular weight is 355 g/mol. The maximum Gasteiger partial charge on any atom is 0.271 e. The molecule has 1 saturated heterocycles. The first-order valence-corrected chi connectivity index (χ1v) is 8.62. The second kappa shape index (κ2) is 7.22. The van der Waals surface area contributed by atoms with Gasteiger partial charge < -0.3 is 15.0 Å². The smallest absolute Gasteiger partial charge is 0.271 e. The number of amides is 1. The Hall–Kier alpha value is -2.78. The summed E-state index contributed by atoms with van der Waals surface area (Å²) in [4.78, 5) is 26.2. The first-order chi connectivity index (χ1) is 12.7. The minimum atomic E-state index is -0.170. The van der Waals surface area contributed by atoms with Crippen molar-refractivity contribution in [2.45, 2.75) is 0 Å². The number of aryl methyl sites for hydroxylation is 1. The molecule has 9 nitrogen and oxygen atoms in total. The third kappa shape index (κ3) is 3.44. The minimum Gasteiger partial charge on any atom is -0.379 e. The largest absolute Gasteiger partial charge is 0.379 e. The van der Waals surface area contributed by atoms with E-state index in [1.54, 1.807) is 16.9 Å². The number of H-pyrrole nitrogens is 1. The molecule has 136 valence electrons. The van der Waals surface area contributed by atoms with Gasteiger partial charge in [-0.25, -0.2) is 9.97 Å². The molecule has 1 fully saturated rings. The van der Waals surface area contributed by atoms with E-state index in [0.29, 0.717) is 12.2 Å². The molecule has 0 saturated carbocycles. The number of carbonyl (C=O) groups is 1. The average Bonchev–Trinajstić information content (AvgIpc) is 3.25. The molecule has 9 heteroatoms. The van der Waals surface area contributed by atoms with Crippen molar-refractivity contribution in [3.8, 4) is 11.4 Å². The Morgan fingerprint density at radius 3 is 3.00 bits per heavy atom. The number of hydrogen-bond acceptors (Lipinski definition) is 6. The molecule has 0 aromatic carbocycles. The minimum absolute atomic E-state index is 0.170. The predicted molar refractivity (Wildman–Crippen MR) is 95.7 cm³/mol. The number of nitrogens with zero attached hydrogens (tertiary/aromatic N) is 5. The molecular formula is C17H21N7O2. The van der Waals surface area contributed by atoms with Crippen molar-refractivity contribution in [3.63, 3.8) is 0 Å². The van der Waals surface area contributed by atoms with E-state index in [-0.39, 0.29) is 5.91 Å². The van der Waals surface area contributed by atoms with Crippen molar-refractivity contribution in [2.24, 2.45) is 7.05 Å². The van der Waals surface area contributed by atoms with Gasteiger partial charge in [0, 0.05) is 33.2 Å². The van der Waals surface area contributed by atoms with Crippen molar-refractivity contribution in [2.75, 3.05) is 39.4 Å². The van der Waals surface area contributed by atoms with Gasteiger partial charge >= 0.3 is 0 Å². The number of hydrogen-bond donors (Lipinski definition) is 2. The zero-order valence-electron chi connectivity index (χ0n) is 14.6. The van der Waals surface area contributed by atoms with Crippen molar-refractivity contribution in [1.29, 1.82) is 0 Å². The lowest BCUT2D eigenvalue weighted by molar-refractivity contribution is 0.0383. The number of morpholine rings is 1. The molecule has 1 amide bonds. The van der Waals surface area contributed by atoms with E-state index in [2.05, 4.69) is 30.3 Å². The van der Waals surface area contributed by atoms with Crippen LogP contribution in [0.2, 0.25) is 0 Å². The molecule has 0 aliphatic carbocycles. The Morgan fingerprint density at radius 2 is 2.19 bits per heavy atom. The van der Waals surface area contributed by atoms with Crippen LogP contribution < -0.4 is 5.32 Å². The third-order valence-electron chi connectivity index (χ3n) is 4.50. The number of nitrogens with one attached hydrogen (secondary N) is 2. The summed E-state index contributed by atoms with van der Waals surface area (Å²) >= 11 is 0. The fourth-order valence-electron chi connectivity index (χ4n) is 3.08. The highest BCUT2D eigenvalue weighted by Crippen LogP contribution is 2.22. The molecule has 0 unspecified atom stereocenters. The van der Waals surface area contributed by atoms with Crippen molar-refractivity contribution < 1.29 is 9.53 Å². The van der Waals surface area contributed by atoms with Gasteiger partial charge in [-0.3, -0.25) is 14.4 Å². The molecule has 0 radical (unpaired) electrons. The topological polar surface area (TPSA) is 101 Å². The lowest BCUT2D eigenvalue weighted by Gasteiger charge is -2.26. The zero-order valence-corrected chi connectivity index (χ0v) is 14.6. The van der Waals surface area contributed by atoms with E-state index < -0.39 is 0 Å². The van der Waals surface area contributed by atoms with Crippen LogP contribution in [0, 0.1) is 0 Å². The summed E-state index contributed by atoms with van der Waals surface area (Å²) in [5.41, 5.74) is 3.74. The number of carbonyl (C=O) groups excluding carboxylic acids is 1. The fraction of sp³-hybridized carbons (Fsp3) is 0.412. The van der Waals surface area contributed by atoms with Gasteiger partial charge in [0.1, 0.15) is 6.33 Å². The van der Waals surface area contributed by atoms with Crippen LogP contribution in [0.3, 0.4) is 0 Å². The molecule has 2 N–H and O–H groups in total. The Morgan fingerprint density at radius 1 is 1.35 bits per heavy atom. The van der Waals surface area contributed by atoms with Crippen LogP contribution in [0.1, 0.15) is 10.5 Å². The molecule has 4 rings (SSSR count). The van der Waals surface area contributed by atoms with E-state index in [0.717, 1.165) is 55.3 Å². The third-order valence-corrected chi connectivity index (χ3v) is 4.50. The highest BCUT2D eigenvalue weighted by molar-refractivity contribution is 5.93. The monoisotopic (exact) mass is 355 g/mol. The van der Waals surface area contributed by atoms with Crippen LogP contribution in [0.4, 0.5) is 0 Å². The summed E-state index contributed by atoms with van der Waals surface area (Å²) in [5.74, 6) is -0.170. The predicted octanol–water partition coefficient (Wildman–Crippen LogP) is 0.420. The van der Waals surface area contributed by atoms with Crippen molar-refractivity contribution in [1.82, 2.24) is 34.9 Å². The zero-order chi connectivity index (χ0) is 17.9. The van der Waals surface area contributed by atoms with Crippen LogP contribution in [-0.4, -0.2) is 74.9 Å². The normalized spacial score (nSPS) is 15.4. The highest BCUT2D eigenvalue weighted by atomic mass is 16.5. The molecule has 26 heavy (non-hydrogen) atoms. The standard InChI is InChI=1S/C17H21N7O2/c1-23-16(13-8-12-15(21-13)10-18-11-20-12)9-14(22-23)17(25)19-2-3-24-4-6-26-7-5-24/h8-11,21H,2-7H2,1H3,(H,19,25). The van der Waals surface area contributed by atoms with E-state index in [9.17, 15) is 4.79 Å². The molecule has 0 spiro atoms. The summed E-state index contributed by atoms with van der Waals surface area (Å²) in [5, 5.41) is 7.27. The molecule has 1 aliphatic rings.